The number of hydrogen-bond donors (Lipinski definition) is 1. The van der Waals surface area contributed by atoms with Crippen LogP contribution >= 0.6 is 0 Å². The number of primary amides is 1. The van der Waals surface area contributed by atoms with E-state index in [0.29, 0.717) is 11.3 Å². The summed E-state index contributed by atoms with van der Waals surface area (Å²) >= 11 is 0. The second kappa shape index (κ2) is 5.51. The highest BCUT2D eigenvalue weighted by Crippen LogP contribution is 2.23. The number of rotatable bonds is 3. The molecular weight excluding hydrogens is 220 g/mol. The minimum Gasteiger partial charge on any atom is -0.410 e. The third-order valence-corrected chi connectivity index (χ3v) is 1.73. The molecule has 6 heteroatoms. The van der Waals surface area contributed by atoms with E-state index >= 15 is 0 Å². The number of aliphatic imine (C=N–C) groups is 1. The van der Waals surface area contributed by atoms with Crippen LogP contribution in [0.5, 0.6) is 5.75 Å². The number of amides is 1. The molecule has 1 amide bonds. The number of nitrogens with two attached hydrogens (primary N) is 1. The fourth-order valence-electron chi connectivity index (χ4n) is 1.07. The molecule has 0 aliphatic heterocycles. The molecule has 2 N–H and O–H groups in total. The maximum Gasteiger partial charge on any atom is 0.409 e. The molecule has 0 radical (unpaired) electrons. The third kappa shape index (κ3) is 3.83. The maximum atomic E-state index is 10.5. The molecule has 1 aromatic rings. The monoisotopic (exact) mass is 232 g/mol. The van der Waals surface area contributed by atoms with Gasteiger partial charge in [0.15, 0.2) is 0 Å². The number of hydrogen-bond acceptors (Lipinski definition) is 4. The molecule has 0 fully saturated rings. The highest BCUT2D eigenvalue weighted by atomic mass is 16.5. The van der Waals surface area contributed by atoms with Crippen LogP contribution in [-0.2, 0) is 0 Å². The molecule has 0 spiro atoms. The summed E-state index contributed by atoms with van der Waals surface area (Å²) < 4.78 is 4.66. The Morgan fingerprint density at radius 2 is 2.29 bits per heavy atom. The molecule has 0 aromatic heterocycles. The van der Waals surface area contributed by atoms with E-state index in [1.807, 2.05) is 20.2 Å². The minimum absolute atomic E-state index is 0.220. The lowest BCUT2D eigenvalue weighted by molar-refractivity contribution is 0.211. The van der Waals surface area contributed by atoms with E-state index in [1.54, 1.807) is 17.3 Å². The number of benzene rings is 1. The van der Waals surface area contributed by atoms with Crippen molar-refractivity contribution in [3.63, 3.8) is 0 Å². The van der Waals surface area contributed by atoms with E-state index < -0.39 is 6.09 Å². The van der Waals surface area contributed by atoms with Crippen LogP contribution in [0.3, 0.4) is 0 Å². The molecule has 0 heterocycles. The van der Waals surface area contributed by atoms with Crippen molar-refractivity contribution in [2.75, 3.05) is 14.1 Å². The lowest BCUT2D eigenvalue weighted by Gasteiger charge is -2.05. The first-order valence-corrected chi connectivity index (χ1v) is 4.75. The Morgan fingerprint density at radius 1 is 1.59 bits per heavy atom. The van der Waals surface area contributed by atoms with Crippen molar-refractivity contribution in [2.45, 2.75) is 0 Å². The summed E-state index contributed by atoms with van der Waals surface area (Å²) in [5, 5.41) is 8.93. The Balaban J connectivity index is 3.02. The number of carbonyl (C=O) groups excluding carboxylic acids is 1. The summed E-state index contributed by atoms with van der Waals surface area (Å²) in [5.74, 6) is 0.220. The van der Waals surface area contributed by atoms with Crippen molar-refractivity contribution in [2.24, 2.45) is 10.7 Å². The summed E-state index contributed by atoms with van der Waals surface area (Å²) in [6.07, 6.45) is 0.656. The molecule has 0 saturated carbocycles. The van der Waals surface area contributed by atoms with Crippen molar-refractivity contribution < 1.29 is 9.53 Å². The Morgan fingerprint density at radius 3 is 2.82 bits per heavy atom. The third-order valence-electron chi connectivity index (χ3n) is 1.73. The van der Waals surface area contributed by atoms with Gasteiger partial charge >= 0.3 is 6.09 Å². The van der Waals surface area contributed by atoms with E-state index in [-0.39, 0.29) is 5.75 Å². The van der Waals surface area contributed by atoms with Gasteiger partial charge in [-0.15, -0.1) is 0 Å². The van der Waals surface area contributed by atoms with Crippen LogP contribution in [0.4, 0.5) is 10.5 Å². The maximum absolute atomic E-state index is 10.5. The fraction of sp³-hybridized carbons (Fsp3) is 0.182. The van der Waals surface area contributed by atoms with Crippen molar-refractivity contribution >= 4 is 18.1 Å². The molecule has 0 aliphatic carbocycles. The smallest absolute Gasteiger partial charge is 0.409 e. The van der Waals surface area contributed by atoms with E-state index in [4.69, 9.17) is 11.0 Å². The summed E-state index contributed by atoms with van der Waals surface area (Å²) in [7, 11) is 3.64. The first-order valence-electron chi connectivity index (χ1n) is 4.75. The summed E-state index contributed by atoms with van der Waals surface area (Å²) in [5.41, 5.74) is 5.68. The molecule has 0 saturated heterocycles. The average molecular weight is 232 g/mol. The Bertz CT molecular complexity index is 489. The highest BCUT2D eigenvalue weighted by molar-refractivity contribution is 5.70. The van der Waals surface area contributed by atoms with Crippen LogP contribution in [0.2, 0.25) is 0 Å². The van der Waals surface area contributed by atoms with Crippen molar-refractivity contribution in [1.29, 1.82) is 5.26 Å². The average Bonchev–Trinajstić information content (AvgIpc) is 2.26. The van der Waals surface area contributed by atoms with Gasteiger partial charge in [-0.3, -0.25) is 0 Å². The van der Waals surface area contributed by atoms with Crippen molar-refractivity contribution in [3.05, 3.63) is 23.8 Å². The van der Waals surface area contributed by atoms with Crippen molar-refractivity contribution in [3.8, 4) is 11.8 Å². The van der Waals surface area contributed by atoms with Gasteiger partial charge in [0.05, 0.1) is 17.6 Å². The van der Waals surface area contributed by atoms with E-state index in [0.717, 1.165) is 0 Å². The second-order valence-electron chi connectivity index (χ2n) is 3.42. The molecule has 1 aromatic carbocycles. The van der Waals surface area contributed by atoms with Crippen molar-refractivity contribution in [1.82, 2.24) is 4.90 Å². The molecule has 0 bridgehead atoms. The minimum atomic E-state index is -0.918. The van der Waals surface area contributed by atoms with Crippen LogP contribution in [0.15, 0.2) is 23.2 Å². The summed E-state index contributed by atoms with van der Waals surface area (Å²) in [6.45, 7) is 0. The van der Waals surface area contributed by atoms with Crippen LogP contribution in [0.1, 0.15) is 5.56 Å². The zero-order valence-electron chi connectivity index (χ0n) is 9.54. The summed E-state index contributed by atoms with van der Waals surface area (Å²) in [6, 6.07) is 6.48. The van der Waals surface area contributed by atoms with Gasteiger partial charge in [-0.25, -0.2) is 9.79 Å². The van der Waals surface area contributed by atoms with Gasteiger partial charge < -0.3 is 15.4 Å². The highest BCUT2D eigenvalue weighted by Gasteiger charge is 2.05. The van der Waals surface area contributed by atoms with Crippen LogP contribution < -0.4 is 10.5 Å². The van der Waals surface area contributed by atoms with Crippen LogP contribution in [-0.4, -0.2) is 31.4 Å². The van der Waals surface area contributed by atoms with E-state index in [9.17, 15) is 4.79 Å². The number of ether oxygens (including phenoxy) is 1. The molecule has 17 heavy (non-hydrogen) atoms. The first kappa shape index (κ1) is 12.5. The zero-order chi connectivity index (χ0) is 12.8. The fourth-order valence-corrected chi connectivity index (χ4v) is 1.07. The van der Waals surface area contributed by atoms with Gasteiger partial charge in [0.2, 0.25) is 0 Å². The Hall–Kier alpha value is -2.55. The molecule has 0 aliphatic rings. The van der Waals surface area contributed by atoms with Gasteiger partial charge in [0, 0.05) is 20.2 Å². The van der Waals surface area contributed by atoms with Gasteiger partial charge in [-0.05, 0) is 12.1 Å². The second-order valence-corrected chi connectivity index (χ2v) is 3.42. The van der Waals surface area contributed by atoms with Gasteiger partial charge in [0.1, 0.15) is 11.8 Å². The lowest BCUT2D eigenvalue weighted by Crippen LogP contribution is -2.16. The molecule has 0 atom stereocenters. The normalized spacial score (nSPS) is 9.94. The lowest BCUT2D eigenvalue weighted by atomic mass is 10.2. The number of nitrogens with zero attached hydrogens (tertiary/aromatic N) is 3. The molecule has 6 nitrogen and oxygen atoms in total. The topological polar surface area (TPSA) is 91.7 Å². The molecular formula is C11H12N4O2. The zero-order valence-corrected chi connectivity index (χ0v) is 9.54. The summed E-state index contributed by atoms with van der Waals surface area (Å²) in [4.78, 5) is 16.4. The molecule has 0 unspecified atom stereocenters. The van der Waals surface area contributed by atoms with E-state index in [1.165, 1.54) is 12.1 Å². The van der Waals surface area contributed by atoms with Gasteiger partial charge in [-0.2, -0.15) is 5.26 Å². The van der Waals surface area contributed by atoms with Gasteiger partial charge in [-0.1, -0.05) is 0 Å². The van der Waals surface area contributed by atoms with Crippen LogP contribution in [0, 0.1) is 11.3 Å². The Labute approximate surface area is 98.9 Å². The number of carbonyl (C=O) groups is 1. The van der Waals surface area contributed by atoms with E-state index in [2.05, 4.69) is 9.73 Å². The largest absolute Gasteiger partial charge is 0.410 e. The SMILES string of the molecule is CN(C)C=Nc1ccc(OC(N)=O)cc1C#N. The standard InChI is InChI=1S/C11H12N4O2/c1-15(2)7-14-10-4-3-9(17-11(13)16)5-8(10)6-12/h3-5,7H,1-2H3,(H2,13,16). The Kier molecular flexibility index (Phi) is 4.06. The number of nitriles is 1. The first-order chi connectivity index (χ1) is 8.02. The molecule has 88 valence electrons. The predicted octanol–water partition coefficient (Wildman–Crippen LogP) is 1.24. The molecule has 1 rings (SSSR count). The van der Waals surface area contributed by atoms with Gasteiger partial charge in [0.25, 0.3) is 0 Å². The quantitative estimate of drug-likeness (QED) is 0.626. The predicted molar refractivity (Wildman–Crippen MR) is 63.2 cm³/mol. The van der Waals surface area contributed by atoms with Crippen LogP contribution in [0.25, 0.3) is 0 Å².